The van der Waals surface area contributed by atoms with E-state index < -0.39 is 31.6 Å². The molecule has 9 nitrogen and oxygen atoms in total. The smallest absolute Gasteiger partial charge is 0.410 e. The summed E-state index contributed by atoms with van der Waals surface area (Å²) < 4.78 is 32.5. The van der Waals surface area contributed by atoms with E-state index in [4.69, 9.17) is 20.2 Å². The molecule has 0 N–H and O–H groups in total. The molecule has 32 heavy (non-hydrogen) atoms. The number of hydrogen-bond acceptors (Lipinski definition) is 8. The molecule has 186 valence electrons. The normalized spacial score (nSPS) is 21.6. The molecule has 1 unspecified atom stereocenters. The first-order valence-corrected chi connectivity index (χ1v) is 13.7. The van der Waals surface area contributed by atoms with Crippen LogP contribution in [0.15, 0.2) is 0 Å². The molecule has 2 atom stereocenters. The predicted molar refractivity (Wildman–Crippen MR) is 125 cm³/mol. The summed E-state index contributed by atoms with van der Waals surface area (Å²) in [6.45, 7) is 14.2. The first-order chi connectivity index (χ1) is 14.4. The molecule has 0 radical (unpaired) electrons. The summed E-state index contributed by atoms with van der Waals surface area (Å²) in [5.41, 5.74) is -1.03. The fourth-order valence-electron chi connectivity index (χ4n) is 3.00. The summed E-state index contributed by atoms with van der Waals surface area (Å²) in [5.74, 6) is 0. The van der Waals surface area contributed by atoms with Crippen molar-refractivity contribution >= 4 is 48.8 Å². The minimum absolute atomic E-state index is 0.107. The maximum atomic E-state index is 11.7. The second-order valence-corrected chi connectivity index (χ2v) is 14.1. The highest BCUT2D eigenvalue weighted by molar-refractivity contribution is 8.14. The third-order valence-electron chi connectivity index (χ3n) is 4.32. The number of carbonyl (C=O) groups excluding carboxylic acids is 3. The molecule has 2 aliphatic rings. The molecule has 0 aromatic rings. The van der Waals surface area contributed by atoms with Gasteiger partial charge in [0.15, 0.2) is 5.12 Å². The zero-order valence-electron chi connectivity index (χ0n) is 19.8. The second kappa shape index (κ2) is 11.3. The molecule has 2 heterocycles. The van der Waals surface area contributed by atoms with Crippen LogP contribution in [0, 0.1) is 0 Å². The molecular formula is C20H35ClN2O7S2. The van der Waals surface area contributed by atoms with E-state index in [1.165, 1.54) is 16.7 Å². The molecule has 2 saturated heterocycles. The van der Waals surface area contributed by atoms with Crippen molar-refractivity contribution in [2.75, 3.05) is 26.2 Å². The third-order valence-corrected chi connectivity index (χ3v) is 7.31. The molecule has 0 bridgehead atoms. The van der Waals surface area contributed by atoms with E-state index in [1.807, 2.05) is 20.8 Å². The Morgan fingerprint density at radius 3 is 1.69 bits per heavy atom. The third kappa shape index (κ3) is 11.1. The van der Waals surface area contributed by atoms with Crippen molar-refractivity contribution in [3.05, 3.63) is 0 Å². The average molecular weight is 515 g/mol. The molecule has 0 saturated carbocycles. The van der Waals surface area contributed by atoms with Gasteiger partial charge in [-0.2, -0.15) is 0 Å². The first-order valence-electron chi connectivity index (χ1n) is 10.4. The largest absolute Gasteiger partial charge is 0.444 e. The summed E-state index contributed by atoms with van der Waals surface area (Å²) in [4.78, 5) is 37.3. The van der Waals surface area contributed by atoms with Gasteiger partial charge in [0.25, 0.3) is 0 Å². The summed E-state index contributed by atoms with van der Waals surface area (Å²) in [6.07, 6.45) is 0.462. The highest BCUT2D eigenvalue weighted by atomic mass is 35.7. The van der Waals surface area contributed by atoms with Crippen molar-refractivity contribution < 1.29 is 32.3 Å². The van der Waals surface area contributed by atoms with Gasteiger partial charge < -0.3 is 19.3 Å². The van der Waals surface area contributed by atoms with E-state index >= 15 is 0 Å². The van der Waals surface area contributed by atoms with E-state index in [0.717, 1.165) is 6.42 Å². The minimum Gasteiger partial charge on any atom is -0.444 e. The van der Waals surface area contributed by atoms with Crippen molar-refractivity contribution in [2.24, 2.45) is 0 Å². The molecule has 0 aromatic heterocycles. The standard InChI is InChI=1S/C11H19NO3S.C9H16ClNO4S/c1-8(13)16-9-5-6-12(7-9)10(14)15-11(2,3)4;1-9(2,3)15-8(12)11-5-4-7(6-11)16(10,13)14/h9H,5-7H2,1-4H3;7H,4-6H2,1-3H3/t9-;/m0./s1. The molecule has 0 spiro atoms. The van der Waals surface area contributed by atoms with Gasteiger partial charge in [0.05, 0.1) is 5.25 Å². The lowest BCUT2D eigenvalue weighted by Crippen LogP contribution is -2.36. The molecule has 12 heteroatoms. The fourth-order valence-corrected chi connectivity index (χ4v) is 5.13. The van der Waals surface area contributed by atoms with Crippen LogP contribution >= 0.6 is 22.4 Å². The number of likely N-dealkylation sites (tertiary alicyclic amines) is 2. The Bertz CT molecular complexity index is 791. The van der Waals surface area contributed by atoms with Crippen LogP contribution in [0.1, 0.15) is 61.3 Å². The Morgan fingerprint density at radius 1 is 0.875 bits per heavy atom. The number of hydrogen-bond donors (Lipinski definition) is 0. The van der Waals surface area contributed by atoms with Gasteiger partial charge in [-0.15, -0.1) is 0 Å². The number of thioether (sulfide) groups is 1. The molecular weight excluding hydrogens is 480 g/mol. The van der Waals surface area contributed by atoms with Crippen molar-refractivity contribution in [3.8, 4) is 0 Å². The zero-order chi connectivity index (χ0) is 24.9. The zero-order valence-corrected chi connectivity index (χ0v) is 22.2. The highest BCUT2D eigenvalue weighted by Gasteiger charge is 2.36. The maximum Gasteiger partial charge on any atom is 0.410 e. The van der Waals surface area contributed by atoms with Crippen molar-refractivity contribution in [2.45, 2.75) is 83.0 Å². The van der Waals surface area contributed by atoms with Gasteiger partial charge in [-0.1, -0.05) is 11.8 Å². The van der Waals surface area contributed by atoms with Crippen molar-refractivity contribution in [1.82, 2.24) is 9.80 Å². The van der Waals surface area contributed by atoms with E-state index in [9.17, 15) is 22.8 Å². The Labute approximate surface area is 199 Å². The van der Waals surface area contributed by atoms with E-state index in [1.54, 1.807) is 32.6 Å². The fraction of sp³-hybridized carbons (Fsp3) is 0.850. The minimum atomic E-state index is -3.59. The first kappa shape index (κ1) is 28.8. The number of rotatable bonds is 2. The summed E-state index contributed by atoms with van der Waals surface area (Å²) in [5, 5.41) is -0.345. The van der Waals surface area contributed by atoms with Gasteiger partial charge in [0.1, 0.15) is 11.2 Å². The van der Waals surface area contributed by atoms with Crippen LogP contribution in [0.3, 0.4) is 0 Å². The van der Waals surface area contributed by atoms with Crippen LogP contribution in [0.5, 0.6) is 0 Å². The topological polar surface area (TPSA) is 110 Å². The molecule has 2 amide bonds. The summed E-state index contributed by atoms with van der Waals surface area (Å²) >= 11 is 1.31. The van der Waals surface area contributed by atoms with Crippen LogP contribution in [-0.2, 0) is 23.3 Å². The molecule has 2 aliphatic heterocycles. The van der Waals surface area contributed by atoms with Crippen LogP contribution in [0.25, 0.3) is 0 Å². The molecule has 2 rings (SSSR count). The van der Waals surface area contributed by atoms with E-state index in [2.05, 4.69) is 0 Å². The van der Waals surface area contributed by atoms with Gasteiger partial charge in [0, 0.05) is 49.0 Å². The Hall–Kier alpha value is -1.20. The van der Waals surface area contributed by atoms with Gasteiger partial charge in [-0.3, -0.25) is 4.79 Å². The van der Waals surface area contributed by atoms with Crippen LogP contribution < -0.4 is 0 Å². The SMILES string of the molecule is CC(=O)S[C@H]1CCN(C(=O)OC(C)(C)C)C1.CC(C)(C)OC(=O)N1CCC(S(=O)(=O)Cl)C1. The van der Waals surface area contributed by atoms with E-state index in [0.29, 0.717) is 26.1 Å². The lowest BCUT2D eigenvalue weighted by Gasteiger charge is -2.24. The summed E-state index contributed by atoms with van der Waals surface area (Å²) in [7, 11) is 1.65. The van der Waals surface area contributed by atoms with Crippen LogP contribution in [-0.4, -0.2) is 83.4 Å². The number of nitrogens with zero attached hydrogens (tertiary/aromatic N) is 2. The number of amides is 2. The van der Waals surface area contributed by atoms with E-state index in [-0.39, 0.29) is 23.0 Å². The van der Waals surface area contributed by atoms with Crippen molar-refractivity contribution in [1.29, 1.82) is 0 Å². The monoisotopic (exact) mass is 514 g/mol. The van der Waals surface area contributed by atoms with Gasteiger partial charge in [-0.05, 0) is 54.4 Å². The highest BCUT2D eigenvalue weighted by Crippen LogP contribution is 2.24. The van der Waals surface area contributed by atoms with Gasteiger partial charge in [-0.25, -0.2) is 18.0 Å². The number of halogens is 1. The lowest BCUT2D eigenvalue weighted by molar-refractivity contribution is -0.109. The number of carbonyl (C=O) groups is 3. The quantitative estimate of drug-likeness (QED) is 0.511. The Balaban J connectivity index is 0.000000320. The lowest BCUT2D eigenvalue weighted by atomic mass is 10.2. The molecule has 2 fully saturated rings. The Kier molecular flexibility index (Phi) is 10.2. The summed E-state index contributed by atoms with van der Waals surface area (Å²) in [6, 6.07) is 0. The van der Waals surface area contributed by atoms with Gasteiger partial charge >= 0.3 is 12.2 Å². The Morgan fingerprint density at radius 2 is 1.31 bits per heavy atom. The van der Waals surface area contributed by atoms with Crippen LogP contribution in [0.2, 0.25) is 0 Å². The molecule has 0 aliphatic carbocycles. The number of ether oxygens (including phenoxy) is 2. The van der Waals surface area contributed by atoms with Crippen molar-refractivity contribution in [3.63, 3.8) is 0 Å². The maximum absolute atomic E-state index is 11.7. The van der Waals surface area contributed by atoms with Crippen LogP contribution in [0.4, 0.5) is 9.59 Å². The second-order valence-electron chi connectivity index (χ2n) is 9.76. The molecule has 0 aromatic carbocycles. The predicted octanol–water partition coefficient (Wildman–Crippen LogP) is 3.84. The average Bonchev–Trinajstić information content (AvgIpc) is 3.20. The van der Waals surface area contributed by atoms with Gasteiger partial charge in [0.2, 0.25) is 9.05 Å².